The predicted molar refractivity (Wildman–Crippen MR) is 77.3 cm³/mol. The molecule has 20 heavy (non-hydrogen) atoms. The largest absolute Gasteiger partial charge is 0.506 e. The molecule has 4 heteroatoms. The minimum atomic E-state index is 0.245. The highest BCUT2D eigenvalue weighted by molar-refractivity contribution is 5.87. The normalized spacial score (nSPS) is 10.7. The van der Waals surface area contributed by atoms with Crippen molar-refractivity contribution in [2.45, 2.75) is 6.61 Å². The molecule has 0 saturated carbocycles. The van der Waals surface area contributed by atoms with Gasteiger partial charge in [0, 0.05) is 23.2 Å². The first-order chi connectivity index (χ1) is 9.78. The van der Waals surface area contributed by atoms with Crippen LogP contribution in [-0.4, -0.2) is 17.2 Å². The first-order valence-corrected chi connectivity index (χ1v) is 6.33. The first kappa shape index (κ1) is 12.4. The number of methoxy groups -OCH3 is 1. The maximum atomic E-state index is 9.75. The maximum Gasteiger partial charge on any atom is 0.139 e. The van der Waals surface area contributed by atoms with Crippen molar-refractivity contribution >= 4 is 10.9 Å². The lowest BCUT2D eigenvalue weighted by Gasteiger charge is -2.07. The number of benzene rings is 2. The van der Waals surface area contributed by atoms with Crippen LogP contribution in [0.1, 0.15) is 5.56 Å². The summed E-state index contributed by atoms with van der Waals surface area (Å²) >= 11 is 0. The van der Waals surface area contributed by atoms with Crippen LogP contribution in [0.15, 0.2) is 48.7 Å². The van der Waals surface area contributed by atoms with Gasteiger partial charge in [0.05, 0.1) is 12.6 Å². The highest BCUT2D eigenvalue weighted by Crippen LogP contribution is 2.27. The lowest BCUT2D eigenvalue weighted by Crippen LogP contribution is -1.94. The van der Waals surface area contributed by atoms with Crippen LogP contribution in [0.3, 0.4) is 0 Å². The molecule has 0 atom stereocenters. The number of aromatic nitrogens is 1. The Hall–Kier alpha value is -2.62. The van der Waals surface area contributed by atoms with Gasteiger partial charge in [0.1, 0.15) is 23.9 Å². The zero-order valence-electron chi connectivity index (χ0n) is 11.1. The number of aromatic amines is 1. The second-order valence-electron chi connectivity index (χ2n) is 4.48. The van der Waals surface area contributed by atoms with E-state index in [-0.39, 0.29) is 5.75 Å². The molecule has 102 valence electrons. The van der Waals surface area contributed by atoms with Gasteiger partial charge in [0.15, 0.2) is 0 Å². The van der Waals surface area contributed by atoms with Crippen LogP contribution in [0.2, 0.25) is 0 Å². The fourth-order valence-electron chi connectivity index (χ4n) is 2.17. The molecule has 0 saturated heterocycles. The van der Waals surface area contributed by atoms with Crippen LogP contribution in [0.25, 0.3) is 10.9 Å². The number of phenols is 1. The summed E-state index contributed by atoms with van der Waals surface area (Å²) in [6, 6.07) is 12.9. The Morgan fingerprint density at radius 2 is 1.90 bits per heavy atom. The molecule has 0 spiro atoms. The van der Waals surface area contributed by atoms with Crippen molar-refractivity contribution in [3.63, 3.8) is 0 Å². The van der Waals surface area contributed by atoms with Crippen LogP contribution >= 0.6 is 0 Å². The van der Waals surface area contributed by atoms with E-state index in [0.29, 0.717) is 6.61 Å². The summed E-state index contributed by atoms with van der Waals surface area (Å²) in [5, 5.41) is 10.7. The fraction of sp³-hybridized carbons (Fsp3) is 0.125. The van der Waals surface area contributed by atoms with Gasteiger partial charge in [-0.05, 0) is 18.2 Å². The molecular formula is C16H15NO3. The van der Waals surface area contributed by atoms with Crippen molar-refractivity contribution in [1.29, 1.82) is 0 Å². The van der Waals surface area contributed by atoms with E-state index in [1.807, 2.05) is 42.6 Å². The molecule has 0 radical (unpaired) electrons. The Labute approximate surface area is 116 Å². The third kappa shape index (κ3) is 2.28. The Morgan fingerprint density at radius 1 is 1.10 bits per heavy atom. The molecule has 1 heterocycles. The molecule has 3 rings (SSSR count). The summed E-state index contributed by atoms with van der Waals surface area (Å²) < 4.78 is 10.9. The number of H-pyrrole nitrogens is 1. The third-order valence-corrected chi connectivity index (χ3v) is 3.21. The van der Waals surface area contributed by atoms with E-state index >= 15 is 0 Å². The number of rotatable bonds is 4. The highest BCUT2D eigenvalue weighted by atomic mass is 16.5. The monoisotopic (exact) mass is 269 g/mol. The second-order valence-corrected chi connectivity index (χ2v) is 4.48. The molecule has 0 unspecified atom stereocenters. The van der Waals surface area contributed by atoms with Crippen LogP contribution in [0.5, 0.6) is 17.2 Å². The summed E-state index contributed by atoms with van der Waals surface area (Å²) in [6.45, 7) is 0.427. The van der Waals surface area contributed by atoms with Crippen LogP contribution < -0.4 is 9.47 Å². The standard InChI is InChI=1S/C16H15NO3/c1-19-12-4-2-5-13(8-12)20-10-11-9-17-16-14(11)6-3-7-15(16)18/h2-9,17-18H,10H2,1H3. The molecule has 0 amide bonds. The number of para-hydroxylation sites is 1. The van der Waals surface area contributed by atoms with Crippen molar-refractivity contribution in [3.05, 3.63) is 54.2 Å². The van der Waals surface area contributed by atoms with Gasteiger partial charge in [-0.2, -0.15) is 0 Å². The van der Waals surface area contributed by atoms with Crippen LogP contribution in [-0.2, 0) is 6.61 Å². The number of hydrogen-bond acceptors (Lipinski definition) is 3. The molecule has 2 aromatic carbocycles. The van der Waals surface area contributed by atoms with Gasteiger partial charge in [0.2, 0.25) is 0 Å². The molecule has 0 fully saturated rings. The predicted octanol–water partition coefficient (Wildman–Crippen LogP) is 3.46. The minimum Gasteiger partial charge on any atom is -0.506 e. The quantitative estimate of drug-likeness (QED) is 0.762. The molecule has 0 aliphatic heterocycles. The molecule has 0 aliphatic rings. The minimum absolute atomic E-state index is 0.245. The molecule has 3 aromatic rings. The summed E-state index contributed by atoms with van der Waals surface area (Å²) in [4.78, 5) is 3.06. The van der Waals surface area contributed by atoms with Crippen molar-refractivity contribution in [3.8, 4) is 17.2 Å². The summed E-state index contributed by atoms with van der Waals surface area (Å²) in [7, 11) is 1.63. The first-order valence-electron chi connectivity index (χ1n) is 6.33. The number of nitrogens with one attached hydrogen (secondary N) is 1. The number of fused-ring (bicyclic) bond motifs is 1. The molecule has 0 aliphatic carbocycles. The van der Waals surface area contributed by atoms with E-state index in [1.165, 1.54) is 0 Å². The summed E-state index contributed by atoms with van der Waals surface area (Å²) in [5.74, 6) is 1.76. The molecule has 2 N–H and O–H groups in total. The zero-order chi connectivity index (χ0) is 13.9. The topological polar surface area (TPSA) is 54.5 Å². The average molecular weight is 269 g/mol. The number of hydrogen-bond donors (Lipinski definition) is 2. The van der Waals surface area contributed by atoms with E-state index in [1.54, 1.807) is 13.2 Å². The molecule has 4 nitrogen and oxygen atoms in total. The van der Waals surface area contributed by atoms with Gasteiger partial charge in [-0.1, -0.05) is 18.2 Å². The molecule has 0 bridgehead atoms. The summed E-state index contributed by atoms with van der Waals surface area (Å²) in [5.41, 5.74) is 1.73. The van der Waals surface area contributed by atoms with Crippen molar-refractivity contribution in [2.75, 3.05) is 7.11 Å². The van der Waals surface area contributed by atoms with Crippen molar-refractivity contribution < 1.29 is 14.6 Å². The second kappa shape index (κ2) is 5.17. The smallest absolute Gasteiger partial charge is 0.139 e. The third-order valence-electron chi connectivity index (χ3n) is 3.21. The van der Waals surface area contributed by atoms with E-state index in [4.69, 9.17) is 9.47 Å². The highest BCUT2D eigenvalue weighted by Gasteiger charge is 2.07. The SMILES string of the molecule is COc1cccc(OCc2c[nH]c3c(O)cccc23)c1. The van der Waals surface area contributed by atoms with E-state index in [9.17, 15) is 5.11 Å². The Balaban J connectivity index is 1.81. The van der Waals surface area contributed by atoms with E-state index < -0.39 is 0 Å². The van der Waals surface area contributed by atoms with Gasteiger partial charge in [-0.3, -0.25) is 0 Å². The zero-order valence-corrected chi connectivity index (χ0v) is 11.1. The number of ether oxygens (including phenoxy) is 2. The lowest BCUT2D eigenvalue weighted by atomic mass is 10.2. The summed E-state index contributed by atoms with van der Waals surface area (Å²) in [6.07, 6.45) is 1.85. The van der Waals surface area contributed by atoms with Gasteiger partial charge in [-0.25, -0.2) is 0 Å². The number of phenolic OH excluding ortho intramolecular Hbond substituents is 1. The fourth-order valence-corrected chi connectivity index (χ4v) is 2.17. The Morgan fingerprint density at radius 3 is 2.75 bits per heavy atom. The van der Waals surface area contributed by atoms with Crippen LogP contribution in [0.4, 0.5) is 0 Å². The Kier molecular flexibility index (Phi) is 3.21. The van der Waals surface area contributed by atoms with E-state index in [0.717, 1.165) is 28.0 Å². The van der Waals surface area contributed by atoms with Crippen molar-refractivity contribution in [2.24, 2.45) is 0 Å². The lowest BCUT2D eigenvalue weighted by molar-refractivity contribution is 0.305. The van der Waals surface area contributed by atoms with Gasteiger partial charge < -0.3 is 19.6 Å². The van der Waals surface area contributed by atoms with Crippen LogP contribution in [0, 0.1) is 0 Å². The average Bonchev–Trinajstić information content (AvgIpc) is 2.90. The van der Waals surface area contributed by atoms with Gasteiger partial charge in [-0.15, -0.1) is 0 Å². The van der Waals surface area contributed by atoms with E-state index in [2.05, 4.69) is 4.98 Å². The molecular weight excluding hydrogens is 254 g/mol. The number of aromatic hydroxyl groups is 1. The molecule has 1 aromatic heterocycles. The van der Waals surface area contributed by atoms with Crippen molar-refractivity contribution in [1.82, 2.24) is 4.98 Å². The maximum absolute atomic E-state index is 9.75. The van der Waals surface area contributed by atoms with Gasteiger partial charge >= 0.3 is 0 Å². The Bertz CT molecular complexity index is 733. The van der Waals surface area contributed by atoms with Gasteiger partial charge in [0.25, 0.3) is 0 Å².